The number of piperazine rings is 1. The number of hydrogen-bond donors (Lipinski definition) is 2. The molecule has 174 valence electrons. The van der Waals surface area contributed by atoms with Gasteiger partial charge in [-0.15, -0.1) is 10.2 Å². The molecule has 0 radical (unpaired) electrons. The van der Waals surface area contributed by atoms with E-state index in [1.165, 1.54) is 4.90 Å². The molecule has 1 fully saturated rings. The third-order valence-electron chi connectivity index (χ3n) is 5.64. The van der Waals surface area contributed by atoms with Gasteiger partial charge in [-0.1, -0.05) is 0 Å². The van der Waals surface area contributed by atoms with E-state index in [9.17, 15) is 14.7 Å². The number of nitrogens with one attached hydrogen (secondary N) is 1. The molecule has 2 N–H and O–H groups in total. The Kier molecular flexibility index (Phi) is 6.03. The molecule has 0 spiro atoms. The summed E-state index contributed by atoms with van der Waals surface area (Å²) in [5.74, 6) is 1.10. The summed E-state index contributed by atoms with van der Waals surface area (Å²) in [6.07, 6.45) is 0.921. The topological polar surface area (TPSA) is 126 Å². The SMILES string of the molecule is CCOc1cc2nn(C)cc2cc1C(=O)Nc1cc(C)c(N2CCN(C(=O)O)[C@@H](C)C2)nn1. The van der Waals surface area contributed by atoms with Crippen LogP contribution in [0.25, 0.3) is 10.9 Å². The molecule has 1 saturated heterocycles. The molecule has 1 atom stereocenters. The van der Waals surface area contributed by atoms with Gasteiger partial charge in [-0.3, -0.25) is 9.48 Å². The van der Waals surface area contributed by atoms with Crippen LogP contribution in [0.1, 0.15) is 29.8 Å². The molecule has 0 aliphatic carbocycles. The maximum absolute atomic E-state index is 13.0. The van der Waals surface area contributed by atoms with E-state index < -0.39 is 6.09 Å². The lowest BCUT2D eigenvalue weighted by Gasteiger charge is -2.39. The zero-order valence-electron chi connectivity index (χ0n) is 19.1. The van der Waals surface area contributed by atoms with Crippen molar-refractivity contribution in [1.29, 1.82) is 0 Å². The second-order valence-corrected chi connectivity index (χ2v) is 8.10. The Balaban J connectivity index is 1.53. The average Bonchev–Trinajstić information content (AvgIpc) is 3.12. The van der Waals surface area contributed by atoms with Crippen LogP contribution in [0.15, 0.2) is 24.4 Å². The smallest absolute Gasteiger partial charge is 0.407 e. The number of aryl methyl sites for hydroxylation is 2. The van der Waals surface area contributed by atoms with Crippen LogP contribution in [0.2, 0.25) is 0 Å². The lowest BCUT2D eigenvalue weighted by atomic mass is 10.1. The summed E-state index contributed by atoms with van der Waals surface area (Å²) >= 11 is 0. The van der Waals surface area contributed by atoms with Gasteiger partial charge >= 0.3 is 6.09 Å². The minimum absolute atomic E-state index is 0.156. The number of benzene rings is 1. The molecule has 0 saturated carbocycles. The predicted molar refractivity (Wildman–Crippen MR) is 123 cm³/mol. The number of carbonyl (C=O) groups is 2. The number of carboxylic acid groups (broad SMARTS) is 1. The zero-order valence-corrected chi connectivity index (χ0v) is 19.1. The van der Waals surface area contributed by atoms with Crippen LogP contribution >= 0.6 is 0 Å². The quantitative estimate of drug-likeness (QED) is 0.604. The lowest BCUT2D eigenvalue weighted by molar-refractivity contribution is 0.102. The van der Waals surface area contributed by atoms with Gasteiger partial charge in [0, 0.05) is 50.4 Å². The fourth-order valence-electron chi connectivity index (χ4n) is 4.10. The van der Waals surface area contributed by atoms with E-state index in [1.807, 2.05) is 38.9 Å². The summed E-state index contributed by atoms with van der Waals surface area (Å²) in [4.78, 5) is 27.8. The van der Waals surface area contributed by atoms with Crippen molar-refractivity contribution in [2.75, 3.05) is 36.5 Å². The average molecular weight is 454 g/mol. The van der Waals surface area contributed by atoms with E-state index in [0.717, 1.165) is 16.5 Å². The van der Waals surface area contributed by atoms with Crippen LogP contribution in [-0.4, -0.2) is 74.3 Å². The number of carbonyl (C=O) groups excluding carboxylic acids is 1. The van der Waals surface area contributed by atoms with Gasteiger partial charge in [-0.2, -0.15) is 5.10 Å². The molecule has 2 amide bonds. The summed E-state index contributed by atoms with van der Waals surface area (Å²) in [5, 5.41) is 25.8. The van der Waals surface area contributed by atoms with Gasteiger partial charge in [-0.05, 0) is 38.5 Å². The molecule has 2 aromatic heterocycles. The van der Waals surface area contributed by atoms with Crippen molar-refractivity contribution in [2.24, 2.45) is 7.05 Å². The van der Waals surface area contributed by atoms with Gasteiger partial charge in [0.2, 0.25) is 0 Å². The van der Waals surface area contributed by atoms with E-state index in [4.69, 9.17) is 4.74 Å². The molecule has 1 aliphatic heterocycles. The molecule has 33 heavy (non-hydrogen) atoms. The van der Waals surface area contributed by atoms with Crippen molar-refractivity contribution >= 4 is 34.5 Å². The molecule has 3 heterocycles. The first-order valence-electron chi connectivity index (χ1n) is 10.8. The third-order valence-corrected chi connectivity index (χ3v) is 5.64. The van der Waals surface area contributed by atoms with Crippen LogP contribution in [0.5, 0.6) is 5.75 Å². The molecule has 1 aromatic carbocycles. The Bertz CT molecular complexity index is 1210. The molecule has 0 unspecified atom stereocenters. The number of amides is 2. The maximum Gasteiger partial charge on any atom is 0.407 e. The first kappa shape index (κ1) is 22.3. The molecule has 1 aliphatic rings. The highest BCUT2D eigenvalue weighted by atomic mass is 16.5. The second kappa shape index (κ2) is 8.93. The largest absolute Gasteiger partial charge is 0.493 e. The van der Waals surface area contributed by atoms with Gasteiger partial charge in [0.15, 0.2) is 11.6 Å². The first-order chi connectivity index (χ1) is 15.8. The van der Waals surface area contributed by atoms with Crippen molar-refractivity contribution in [3.8, 4) is 5.75 Å². The number of rotatable bonds is 5. The minimum atomic E-state index is -0.918. The van der Waals surface area contributed by atoms with E-state index >= 15 is 0 Å². The zero-order chi connectivity index (χ0) is 23.7. The molecular weight excluding hydrogens is 426 g/mol. The van der Waals surface area contributed by atoms with Crippen molar-refractivity contribution in [1.82, 2.24) is 24.9 Å². The minimum Gasteiger partial charge on any atom is -0.493 e. The summed E-state index contributed by atoms with van der Waals surface area (Å²) in [6, 6.07) is 5.11. The number of hydrogen-bond acceptors (Lipinski definition) is 7. The fraction of sp³-hybridized carbons (Fsp3) is 0.409. The van der Waals surface area contributed by atoms with E-state index in [-0.39, 0.29) is 11.9 Å². The van der Waals surface area contributed by atoms with Crippen molar-refractivity contribution in [3.05, 3.63) is 35.5 Å². The Morgan fingerprint density at radius 3 is 2.70 bits per heavy atom. The van der Waals surface area contributed by atoms with Crippen LogP contribution in [0, 0.1) is 6.92 Å². The Labute approximate surface area is 190 Å². The third kappa shape index (κ3) is 4.52. The van der Waals surface area contributed by atoms with Crippen LogP contribution < -0.4 is 15.0 Å². The van der Waals surface area contributed by atoms with Gasteiger partial charge in [0.05, 0.1) is 17.7 Å². The van der Waals surface area contributed by atoms with E-state index in [1.54, 1.807) is 22.9 Å². The number of fused-ring (bicyclic) bond motifs is 1. The van der Waals surface area contributed by atoms with Crippen molar-refractivity contribution < 1.29 is 19.4 Å². The number of ether oxygens (including phenoxy) is 1. The number of aromatic nitrogens is 4. The number of anilines is 2. The van der Waals surface area contributed by atoms with Gasteiger partial charge in [0.25, 0.3) is 5.91 Å². The Morgan fingerprint density at radius 1 is 1.24 bits per heavy atom. The summed E-state index contributed by atoms with van der Waals surface area (Å²) in [6.45, 7) is 7.48. The first-order valence-corrected chi connectivity index (χ1v) is 10.8. The predicted octanol–water partition coefficient (Wildman–Crippen LogP) is 2.51. The molecule has 3 aromatic rings. The molecule has 0 bridgehead atoms. The Hall–Kier alpha value is -3.89. The van der Waals surface area contributed by atoms with E-state index in [0.29, 0.717) is 49.2 Å². The van der Waals surface area contributed by atoms with Crippen LogP contribution in [0.4, 0.5) is 16.4 Å². The fourth-order valence-corrected chi connectivity index (χ4v) is 4.10. The van der Waals surface area contributed by atoms with Crippen molar-refractivity contribution in [3.63, 3.8) is 0 Å². The summed E-state index contributed by atoms with van der Waals surface area (Å²) in [5.41, 5.74) is 1.97. The van der Waals surface area contributed by atoms with E-state index in [2.05, 4.69) is 20.6 Å². The van der Waals surface area contributed by atoms with Crippen LogP contribution in [-0.2, 0) is 7.05 Å². The highest BCUT2D eigenvalue weighted by Gasteiger charge is 2.28. The van der Waals surface area contributed by atoms with Gasteiger partial charge in [0.1, 0.15) is 5.75 Å². The lowest BCUT2D eigenvalue weighted by Crippen LogP contribution is -2.54. The standard InChI is InChI=1S/C22H27N7O4/c1-5-33-18-10-17-15(12-27(4)26-17)9-16(18)21(30)23-19-8-13(2)20(25-24-19)28-6-7-29(22(31)32)14(3)11-28/h8-10,12,14H,5-7,11H2,1-4H3,(H,31,32)(H,23,24,30)/t14-/m0/s1. The highest BCUT2D eigenvalue weighted by Crippen LogP contribution is 2.27. The summed E-state index contributed by atoms with van der Waals surface area (Å²) < 4.78 is 7.36. The maximum atomic E-state index is 13.0. The monoisotopic (exact) mass is 453 g/mol. The molecule has 11 nitrogen and oxygen atoms in total. The molecule has 4 rings (SSSR count). The van der Waals surface area contributed by atoms with Crippen LogP contribution in [0.3, 0.4) is 0 Å². The van der Waals surface area contributed by atoms with Gasteiger partial charge in [-0.25, -0.2) is 4.79 Å². The number of nitrogens with zero attached hydrogens (tertiary/aromatic N) is 6. The summed E-state index contributed by atoms with van der Waals surface area (Å²) in [7, 11) is 1.82. The second-order valence-electron chi connectivity index (χ2n) is 8.10. The molecule has 11 heteroatoms. The normalized spacial score (nSPS) is 16.2. The van der Waals surface area contributed by atoms with Crippen molar-refractivity contribution in [2.45, 2.75) is 26.8 Å². The molecular formula is C22H27N7O4. The highest BCUT2D eigenvalue weighted by molar-refractivity contribution is 6.08. The Morgan fingerprint density at radius 2 is 2.03 bits per heavy atom. The van der Waals surface area contributed by atoms with Gasteiger partial charge < -0.3 is 25.0 Å².